The molecule has 3 aromatic rings. The molecule has 0 bridgehead atoms. The summed E-state index contributed by atoms with van der Waals surface area (Å²) in [6.07, 6.45) is 0. The van der Waals surface area contributed by atoms with Crippen LogP contribution in [0.2, 0.25) is 5.02 Å². The van der Waals surface area contributed by atoms with Gasteiger partial charge in [0.05, 0.1) is 10.9 Å². The maximum atomic E-state index is 12.9. The molecule has 0 aliphatic carbocycles. The van der Waals surface area contributed by atoms with Gasteiger partial charge in [0, 0.05) is 5.02 Å². The topological polar surface area (TPSA) is 46.2 Å². The van der Waals surface area contributed by atoms with Gasteiger partial charge in [-0.2, -0.15) is 0 Å². The van der Waals surface area contributed by atoms with E-state index in [1.165, 1.54) is 24.3 Å². The number of halogens is 3. The lowest BCUT2D eigenvalue weighted by Gasteiger charge is -2.31. The van der Waals surface area contributed by atoms with E-state index >= 15 is 0 Å². The van der Waals surface area contributed by atoms with Crippen molar-refractivity contribution in [3.8, 4) is 0 Å². The van der Waals surface area contributed by atoms with E-state index in [1.54, 1.807) is 48.5 Å². The Bertz CT molecular complexity index is 992. The van der Waals surface area contributed by atoms with Crippen LogP contribution in [0.25, 0.3) is 0 Å². The minimum atomic E-state index is -3.89. The average molecular weight is 441 g/mol. The molecular formula is C20H16Cl3NO2S. The standard InChI is InChI=1S/C20H16Cl3NO2S/c21-17-11-13-18(14-12-17)27(25,26)24-19(15-7-3-1-4-8-15)20(22,23)16-9-5-2-6-10-16/h1-14,19,24H. The molecule has 0 saturated carbocycles. The molecular weight excluding hydrogens is 425 g/mol. The van der Waals surface area contributed by atoms with Gasteiger partial charge in [-0.25, -0.2) is 13.1 Å². The first-order chi connectivity index (χ1) is 12.8. The first-order valence-corrected chi connectivity index (χ1v) is 10.7. The largest absolute Gasteiger partial charge is 0.241 e. The zero-order valence-electron chi connectivity index (χ0n) is 14.0. The van der Waals surface area contributed by atoms with E-state index in [0.29, 0.717) is 16.1 Å². The number of hydrogen-bond donors (Lipinski definition) is 1. The number of nitrogens with one attached hydrogen (secondary N) is 1. The van der Waals surface area contributed by atoms with Crippen molar-refractivity contribution in [2.24, 2.45) is 0 Å². The third-order valence-electron chi connectivity index (χ3n) is 4.05. The molecule has 3 rings (SSSR count). The summed E-state index contributed by atoms with van der Waals surface area (Å²) in [4.78, 5) is 0.0741. The molecule has 0 radical (unpaired) electrons. The smallest absolute Gasteiger partial charge is 0.207 e. The van der Waals surface area contributed by atoms with Crippen LogP contribution in [0.1, 0.15) is 17.2 Å². The molecule has 0 aliphatic heterocycles. The minimum Gasteiger partial charge on any atom is -0.207 e. The predicted molar refractivity (Wildman–Crippen MR) is 111 cm³/mol. The second-order valence-corrected chi connectivity index (χ2v) is 9.44. The summed E-state index contributed by atoms with van der Waals surface area (Å²) in [6.45, 7) is 0. The van der Waals surface area contributed by atoms with Crippen molar-refractivity contribution in [2.75, 3.05) is 0 Å². The van der Waals surface area contributed by atoms with Gasteiger partial charge in [-0.15, -0.1) is 0 Å². The van der Waals surface area contributed by atoms with Crippen LogP contribution in [-0.2, 0) is 14.4 Å². The third-order valence-corrected chi connectivity index (χ3v) is 6.61. The summed E-state index contributed by atoms with van der Waals surface area (Å²) < 4.78 is 27.0. The minimum absolute atomic E-state index is 0.0741. The number of hydrogen-bond acceptors (Lipinski definition) is 2. The monoisotopic (exact) mass is 439 g/mol. The molecule has 27 heavy (non-hydrogen) atoms. The van der Waals surface area contributed by atoms with Gasteiger partial charge >= 0.3 is 0 Å². The van der Waals surface area contributed by atoms with E-state index < -0.39 is 20.4 Å². The lowest BCUT2D eigenvalue weighted by atomic mass is 9.98. The summed E-state index contributed by atoms with van der Waals surface area (Å²) in [5.41, 5.74) is 1.23. The average Bonchev–Trinajstić information content (AvgIpc) is 2.68. The second kappa shape index (κ2) is 8.21. The van der Waals surface area contributed by atoms with Crippen molar-refractivity contribution in [1.29, 1.82) is 0 Å². The van der Waals surface area contributed by atoms with E-state index in [9.17, 15) is 8.42 Å². The highest BCUT2D eigenvalue weighted by Gasteiger charge is 2.40. The van der Waals surface area contributed by atoms with Gasteiger partial charge in [-0.05, 0) is 35.4 Å². The molecule has 1 atom stereocenters. The predicted octanol–water partition coefficient (Wildman–Crippen LogP) is 5.69. The van der Waals surface area contributed by atoms with Gasteiger partial charge in [0.25, 0.3) is 0 Å². The Balaban J connectivity index is 2.05. The SMILES string of the molecule is O=S(=O)(NC(c1ccccc1)C(Cl)(Cl)c1ccccc1)c1ccc(Cl)cc1. The number of sulfonamides is 1. The van der Waals surface area contributed by atoms with Gasteiger partial charge in [-0.3, -0.25) is 0 Å². The second-order valence-electron chi connectivity index (χ2n) is 5.91. The van der Waals surface area contributed by atoms with Crippen LogP contribution in [0.3, 0.4) is 0 Å². The van der Waals surface area contributed by atoms with Crippen LogP contribution in [-0.4, -0.2) is 8.42 Å². The van der Waals surface area contributed by atoms with Crippen LogP contribution in [0.5, 0.6) is 0 Å². The molecule has 0 amide bonds. The molecule has 0 aromatic heterocycles. The molecule has 1 unspecified atom stereocenters. The Morgan fingerprint density at radius 2 is 1.30 bits per heavy atom. The molecule has 3 nitrogen and oxygen atoms in total. The molecule has 0 spiro atoms. The highest BCUT2D eigenvalue weighted by Crippen LogP contribution is 2.45. The fourth-order valence-electron chi connectivity index (χ4n) is 2.66. The third kappa shape index (κ3) is 4.65. The van der Waals surface area contributed by atoms with Crippen LogP contribution < -0.4 is 4.72 Å². The Kier molecular flexibility index (Phi) is 6.14. The molecule has 7 heteroatoms. The lowest BCUT2D eigenvalue weighted by molar-refractivity contribution is 0.533. The maximum absolute atomic E-state index is 12.9. The first kappa shape index (κ1) is 20.2. The highest BCUT2D eigenvalue weighted by molar-refractivity contribution is 7.89. The molecule has 0 aliphatic rings. The highest BCUT2D eigenvalue weighted by atomic mass is 35.5. The van der Waals surface area contributed by atoms with E-state index in [4.69, 9.17) is 34.8 Å². The Morgan fingerprint density at radius 1 is 0.778 bits per heavy atom. The Labute approximate surface area is 173 Å². The van der Waals surface area contributed by atoms with E-state index in [2.05, 4.69) is 4.72 Å². The van der Waals surface area contributed by atoms with Crippen molar-refractivity contribution >= 4 is 44.8 Å². The zero-order chi connectivity index (χ0) is 19.5. The summed E-state index contributed by atoms with van der Waals surface area (Å²) in [6, 6.07) is 22.9. The van der Waals surface area contributed by atoms with Crippen LogP contribution in [0.15, 0.2) is 89.8 Å². The summed E-state index contributed by atoms with van der Waals surface area (Å²) in [5, 5.41) is 0.446. The molecule has 0 fully saturated rings. The van der Waals surface area contributed by atoms with Gasteiger partial charge in [0.2, 0.25) is 10.0 Å². The van der Waals surface area contributed by atoms with E-state index in [1.807, 2.05) is 12.1 Å². The van der Waals surface area contributed by atoms with Crippen molar-refractivity contribution in [3.63, 3.8) is 0 Å². The van der Waals surface area contributed by atoms with Crippen LogP contribution in [0.4, 0.5) is 0 Å². The van der Waals surface area contributed by atoms with Crippen molar-refractivity contribution in [1.82, 2.24) is 4.72 Å². The van der Waals surface area contributed by atoms with Crippen LogP contribution in [0, 0.1) is 0 Å². The molecule has 1 N–H and O–H groups in total. The van der Waals surface area contributed by atoms with Crippen molar-refractivity contribution in [2.45, 2.75) is 15.3 Å². The summed E-state index contributed by atoms with van der Waals surface area (Å²) in [5.74, 6) is 0. The summed E-state index contributed by atoms with van der Waals surface area (Å²) >= 11 is 19.3. The fourth-order valence-corrected chi connectivity index (χ4v) is 4.78. The van der Waals surface area contributed by atoms with Crippen molar-refractivity contribution in [3.05, 3.63) is 101 Å². The first-order valence-electron chi connectivity index (χ1n) is 8.07. The maximum Gasteiger partial charge on any atom is 0.241 e. The quantitative estimate of drug-likeness (QED) is 0.500. The Hall–Kier alpha value is -1.56. The number of alkyl halides is 2. The van der Waals surface area contributed by atoms with E-state index in [0.717, 1.165) is 0 Å². The van der Waals surface area contributed by atoms with Gasteiger partial charge < -0.3 is 0 Å². The van der Waals surface area contributed by atoms with Crippen LogP contribution >= 0.6 is 34.8 Å². The number of benzene rings is 3. The van der Waals surface area contributed by atoms with Gasteiger partial charge in [0.1, 0.15) is 0 Å². The molecule has 140 valence electrons. The Morgan fingerprint density at radius 3 is 1.85 bits per heavy atom. The molecule has 3 aromatic carbocycles. The van der Waals surface area contributed by atoms with Gasteiger partial charge in [-0.1, -0.05) is 95.5 Å². The number of rotatable bonds is 6. The zero-order valence-corrected chi connectivity index (χ0v) is 17.1. The normalized spacial score (nSPS) is 13.3. The molecule has 0 heterocycles. The van der Waals surface area contributed by atoms with Crippen molar-refractivity contribution < 1.29 is 8.42 Å². The van der Waals surface area contributed by atoms with E-state index in [-0.39, 0.29) is 4.90 Å². The fraction of sp³-hybridized carbons (Fsp3) is 0.100. The molecule has 0 saturated heterocycles. The lowest BCUT2D eigenvalue weighted by Crippen LogP contribution is -2.38. The summed E-state index contributed by atoms with van der Waals surface area (Å²) in [7, 11) is -3.89. The van der Waals surface area contributed by atoms with Gasteiger partial charge in [0.15, 0.2) is 4.33 Å².